The van der Waals surface area contributed by atoms with Gasteiger partial charge in [-0.25, -0.2) is 8.42 Å². The largest absolute Gasteiger partial charge is 0.271 e. The highest BCUT2D eigenvalue weighted by Crippen LogP contribution is 2.27. The van der Waals surface area contributed by atoms with Gasteiger partial charge in [0.1, 0.15) is 4.90 Å². The molecule has 0 amide bonds. The van der Waals surface area contributed by atoms with Gasteiger partial charge in [-0.1, -0.05) is 13.8 Å². The molecule has 2 rings (SSSR count). The number of hydrogen-bond donors (Lipinski definition) is 0. The Bertz CT molecular complexity index is 519. The summed E-state index contributed by atoms with van der Waals surface area (Å²) in [7, 11) is -3.39. The van der Waals surface area contributed by atoms with Crippen LogP contribution in [0.3, 0.4) is 0 Å². The van der Waals surface area contributed by atoms with E-state index in [2.05, 4.69) is 18.9 Å². The summed E-state index contributed by atoms with van der Waals surface area (Å²) in [5.74, 6) is 1.35. The second-order valence-electron chi connectivity index (χ2n) is 5.26. The van der Waals surface area contributed by atoms with Gasteiger partial charge in [-0.3, -0.25) is 4.68 Å². The van der Waals surface area contributed by atoms with Gasteiger partial charge in [0.05, 0.1) is 6.20 Å². The first-order chi connectivity index (χ1) is 8.95. The minimum Gasteiger partial charge on any atom is -0.271 e. The first-order valence-electron chi connectivity index (χ1n) is 6.53. The van der Waals surface area contributed by atoms with Gasteiger partial charge in [-0.2, -0.15) is 9.40 Å². The Morgan fingerprint density at radius 3 is 2.58 bits per heavy atom. The van der Waals surface area contributed by atoms with Crippen molar-refractivity contribution in [3.8, 4) is 0 Å². The molecule has 1 aliphatic rings. The van der Waals surface area contributed by atoms with E-state index in [0.29, 0.717) is 37.4 Å². The van der Waals surface area contributed by atoms with Crippen LogP contribution in [0.25, 0.3) is 0 Å². The Balaban J connectivity index is 2.14. The average molecular weight is 306 g/mol. The predicted octanol–water partition coefficient (Wildman–Crippen LogP) is 1.79. The fourth-order valence-electron chi connectivity index (χ4n) is 2.24. The molecule has 1 aromatic rings. The second-order valence-corrected chi connectivity index (χ2v) is 7.57. The molecule has 1 fully saturated rings. The normalized spacial score (nSPS) is 25.0. The van der Waals surface area contributed by atoms with E-state index >= 15 is 0 Å². The third-order valence-corrected chi connectivity index (χ3v) is 5.77. The average Bonchev–Trinajstić information content (AvgIpc) is 2.95. The monoisotopic (exact) mass is 305 g/mol. The maximum atomic E-state index is 12.5. The van der Waals surface area contributed by atoms with Crippen LogP contribution < -0.4 is 0 Å². The Hall–Kier alpha value is -0.590. The molecule has 108 valence electrons. The molecule has 19 heavy (non-hydrogen) atoms. The van der Waals surface area contributed by atoms with Crippen molar-refractivity contribution in [1.29, 1.82) is 0 Å². The molecular formula is C12H20ClN3O2S. The zero-order chi connectivity index (χ0) is 14.0. The third kappa shape index (κ3) is 3.12. The Morgan fingerprint density at radius 1 is 1.37 bits per heavy atom. The molecule has 0 radical (unpaired) electrons. The van der Waals surface area contributed by atoms with E-state index in [1.54, 1.807) is 15.2 Å². The maximum Gasteiger partial charge on any atom is 0.246 e. The van der Waals surface area contributed by atoms with Crippen molar-refractivity contribution in [1.82, 2.24) is 14.1 Å². The fraction of sp³-hybridized carbons (Fsp3) is 0.750. The summed E-state index contributed by atoms with van der Waals surface area (Å²) < 4.78 is 28.1. The lowest BCUT2D eigenvalue weighted by atomic mass is 10.0. The van der Waals surface area contributed by atoms with E-state index in [1.165, 1.54) is 6.20 Å². The highest BCUT2D eigenvalue weighted by atomic mass is 35.5. The number of nitrogens with zero attached hydrogens (tertiary/aromatic N) is 3. The zero-order valence-corrected chi connectivity index (χ0v) is 12.9. The number of aryl methyl sites for hydroxylation is 1. The van der Waals surface area contributed by atoms with Crippen LogP contribution in [0.1, 0.15) is 20.3 Å². The number of rotatable bonds is 5. The van der Waals surface area contributed by atoms with Gasteiger partial charge in [0.25, 0.3) is 0 Å². The molecule has 0 saturated carbocycles. The highest BCUT2D eigenvalue weighted by Gasteiger charge is 2.35. The quantitative estimate of drug-likeness (QED) is 0.779. The van der Waals surface area contributed by atoms with Gasteiger partial charge in [0, 0.05) is 31.7 Å². The number of aromatic nitrogens is 2. The molecule has 2 unspecified atom stereocenters. The van der Waals surface area contributed by atoms with Crippen LogP contribution in [-0.2, 0) is 16.6 Å². The summed E-state index contributed by atoms with van der Waals surface area (Å²) in [5, 5.41) is 4.08. The molecule has 0 aromatic carbocycles. The first-order valence-corrected chi connectivity index (χ1v) is 8.51. The van der Waals surface area contributed by atoms with Crippen molar-refractivity contribution in [2.75, 3.05) is 19.0 Å². The fourth-order valence-corrected chi connectivity index (χ4v) is 3.96. The van der Waals surface area contributed by atoms with Crippen molar-refractivity contribution in [2.24, 2.45) is 11.8 Å². The summed E-state index contributed by atoms with van der Waals surface area (Å²) in [6.07, 6.45) is 3.80. The Morgan fingerprint density at radius 2 is 2.00 bits per heavy atom. The van der Waals surface area contributed by atoms with Gasteiger partial charge < -0.3 is 0 Å². The third-order valence-electron chi connectivity index (χ3n) is 3.72. The summed E-state index contributed by atoms with van der Waals surface area (Å²) in [4.78, 5) is 0.281. The van der Waals surface area contributed by atoms with Crippen molar-refractivity contribution in [3.63, 3.8) is 0 Å². The molecule has 5 nitrogen and oxygen atoms in total. The number of halogens is 1. The van der Waals surface area contributed by atoms with Gasteiger partial charge in [-0.05, 0) is 18.3 Å². The van der Waals surface area contributed by atoms with E-state index in [-0.39, 0.29) is 4.90 Å². The van der Waals surface area contributed by atoms with E-state index in [1.807, 2.05) is 0 Å². The number of alkyl halides is 1. The summed E-state index contributed by atoms with van der Waals surface area (Å²) >= 11 is 5.62. The molecule has 0 spiro atoms. The second kappa shape index (κ2) is 5.81. The number of sulfonamides is 1. The lowest BCUT2D eigenvalue weighted by molar-refractivity contribution is 0.463. The van der Waals surface area contributed by atoms with Crippen molar-refractivity contribution < 1.29 is 8.42 Å². The van der Waals surface area contributed by atoms with Crippen molar-refractivity contribution in [3.05, 3.63) is 12.4 Å². The molecule has 0 bridgehead atoms. The molecule has 0 N–H and O–H groups in total. The minimum atomic E-state index is -3.39. The van der Waals surface area contributed by atoms with E-state index in [0.717, 1.165) is 6.42 Å². The van der Waals surface area contributed by atoms with Gasteiger partial charge in [0.15, 0.2) is 0 Å². The SMILES string of the molecule is CC1CN(S(=O)(=O)c2cnn(CCCCl)c2)CC1C. The topological polar surface area (TPSA) is 55.2 Å². The molecule has 0 aliphatic carbocycles. The standard InChI is InChI=1S/C12H20ClN3O2S/c1-10-7-16(8-11(10)2)19(17,18)12-6-14-15(9-12)5-3-4-13/h6,9-11H,3-5,7-8H2,1-2H3. The zero-order valence-electron chi connectivity index (χ0n) is 11.3. The van der Waals surface area contributed by atoms with Crippen LogP contribution in [0.4, 0.5) is 0 Å². The molecule has 1 saturated heterocycles. The van der Waals surface area contributed by atoms with Crippen LogP contribution in [0.2, 0.25) is 0 Å². The van der Waals surface area contributed by atoms with Crippen LogP contribution in [0.15, 0.2) is 17.3 Å². The van der Waals surface area contributed by atoms with Crippen LogP contribution in [0.5, 0.6) is 0 Å². The van der Waals surface area contributed by atoms with Crippen molar-refractivity contribution in [2.45, 2.75) is 31.7 Å². The lowest BCUT2D eigenvalue weighted by Crippen LogP contribution is -2.28. The van der Waals surface area contributed by atoms with Crippen LogP contribution >= 0.6 is 11.6 Å². The lowest BCUT2D eigenvalue weighted by Gasteiger charge is -2.14. The molecule has 1 aliphatic heterocycles. The molecule has 1 aromatic heterocycles. The maximum absolute atomic E-state index is 12.5. The summed E-state index contributed by atoms with van der Waals surface area (Å²) in [6.45, 7) is 6.01. The molecule has 7 heteroatoms. The van der Waals surface area contributed by atoms with Gasteiger partial charge in [-0.15, -0.1) is 11.6 Å². The first kappa shape index (κ1) is 14.8. The van der Waals surface area contributed by atoms with E-state index < -0.39 is 10.0 Å². The predicted molar refractivity (Wildman–Crippen MR) is 74.7 cm³/mol. The smallest absolute Gasteiger partial charge is 0.246 e. The van der Waals surface area contributed by atoms with Gasteiger partial charge in [0.2, 0.25) is 10.0 Å². The van der Waals surface area contributed by atoms with Crippen LogP contribution in [0, 0.1) is 11.8 Å². The highest BCUT2D eigenvalue weighted by molar-refractivity contribution is 7.89. The molecular weight excluding hydrogens is 286 g/mol. The summed E-state index contributed by atoms with van der Waals surface area (Å²) in [6, 6.07) is 0. The van der Waals surface area contributed by atoms with E-state index in [9.17, 15) is 8.42 Å². The van der Waals surface area contributed by atoms with Gasteiger partial charge >= 0.3 is 0 Å². The molecule has 2 atom stereocenters. The Kier molecular flexibility index (Phi) is 4.53. The minimum absolute atomic E-state index is 0.281. The molecule has 2 heterocycles. The van der Waals surface area contributed by atoms with Crippen LogP contribution in [-0.4, -0.2) is 41.5 Å². The number of hydrogen-bond acceptors (Lipinski definition) is 3. The van der Waals surface area contributed by atoms with E-state index in [4.69, 9.17) is 11.6 Å². The van der Waals surface area contributed by atoms with Crippen molar-refractivity contribution >= 4 is 21.6 Å². The summed E-state index contributed by atoms with van der Waals surface area (Å²) in [5.41, 5.74) is 0. The Labute approximate surface area is 119 Å².